The topological polar surface area (TPSA) is 64.1 Å². The second-order valence-electron chi connectivity index (χ2n) is 3.45. The molecule has 0 unspecified atom stereocenters. The maximum atomic E-state index is 11.9. The lowest BCUT2D eigenvalue weighted by atomic mass is 10.2. The van der Waals surface area contributed by atoms with E-state index in [2.05, 4.69) is 30.6 Å². The van der Waals surface area contributed by atoms with Crippen molar-refractivity contribution in [1.29, 1.82) is 0 Å². The van der Waals surface area contributed by atoms with Gasteiger partial charge in [0.05, 0.1) is 11.6 Å². The summed E-state index contributed by atoms with van der Waals surface area (Å²) in [5, 5.41) is 3.18. The first kappa shape index (κ1) is 13.0. The van der Waals surface area contributed by atoms with E-state index in [1.54, 1.807) is 32.2 Å². The molecule has 7 heteroatoms. The minimum Gasteiger partial charge on any atom is -0.496 e. The first-order valence-corrected chi connectivity index (χ1v) is 6.62. The van der Waals surface area contributed by atoms with Gasteiger partial charge in [-0.15, -0.1) is 0 Å². The summed E-state index contributed by atoms with van der Waals surface area (Å²) in [4.78, 5) is 16.0. The molecule has 2 rings (SSSR count). The third-order valence-corrected chi connectivity index (χ3v) is 3.50. The van der Waals surface area contributed by atoms with Crippen molar-refractivity contribution >= 4 is 38.5 Å². The van der Waals surface area contributed by atoms with E-state index >= 15 is 0 Å². The van der Waals surface area contributed by atoms with E-state index in [1.807, 2.05) is 0 Å². The molecule has 2 aromatic rings. The number of methoxy groups -OCH3 is 1. The molecule has 0 aliphatic carbocycles. The van der Waals surface area contributed by atoms with Gasteiger partial charge < -0.3 is 4.74 Å². The summed E-state index contributed by atoms with van der Waals surface area (Å²) < 4.78 is 9.83. The third-order valence-electron chi connectivity index (χ3n) is 2.16. The van der Waals surface area contributed by atoms with Crippen LogP contribution in [-0.4, -0.2) is 22.4 Å². The number of rotatable bonds is 3. The lowest BCUT2D eigenvalue weighted by Gasteiger charge is -2.05. The Balaban J connectivity index is 2.16. The molecule has 0 fully saturated rings. The molecule has 94 valence electrons. The molecule has 0 saturated carbocycles. The van der Waals surface area contributed by atoms with Gasteiger partial charge in [-0.05, 0) is 41.1 Å². The highest BCUT2D eigenvalue weighted by Crippen LogP contribution is 2.26. The second kappa shape index (κ2) is 5.45. The van der Waals surface area contributed by atoms with E-state index in [-0.39, 0.29) is 5.91 Å². The minimum atomic E-state index is -0.227. The summed E-state index contributed by atoms with van der Waals surface area (Å²) >= 11 is 4.49. The molecule has 0 atom stereocenters. The van der Waals surface area contributed by atoms with E-state index in [0.29, 0.717) is 22.3 Å². The number of hydrogen-bond acceptors (Lipinski definition) is 5. The van der Waals surface area contributed by atoms with E-state index in [9.17, 15) is 4.79 Å². The monoisotopic (exact) mass is 327 g/mol. The standard InChI is InChI=1S/C11H10BrN3O2S/c1-6-13-11(18-15-6)14-10(16)7-3-4-9(17-2)8(12)5-7/h3-5H,1-2H3,(H,13,14,15,16). The van der Waals surface area contributed by atoms with Gasteiger partial charge >= 0.3 is 0 Å². The van der Waals surface area contributed by atoms with E-state index in [1.165, 1.54) is 0 Å². The third kappa shape index (κ3) is 2.85. The zero-order chi connectivity index (χ0) is 13.1. The highest BCUT2D eigenvalue weighted by atomic mass is 79.9. The number of anilines is 1. The average Bonchev–Trinajstić information content (AvgIpc) is 2.74. The first-order valence-electron chi connectivity index (χ1n) is 5.05. The van der Waals surface area contributed by atoms with Gasteiger partial charge in [0.1, 0.15) is 11.6 Å². The number of hydrogen-bond donors (Lipinski definition) is 1. The van der Waals surface area contributed by atoms with Crippen LogP contribution in [0.25, 0.3) is 0 Å². The van der Waals surface area contributed by atoms with Gasteiger partial charge in [-0.1, -0.05) is 0 Å². The highest BCUT2D eigenvalue weighted by Gasteiger charge is 2.11. The van der Waals surface area contributed by atoms with Crippen LogP contribution in [-0.2, 0) is 0 Å². The second-order valence-corrected chi connectivity index (χ2v) is 5.06. The molecule has 1 amide bonds. The number of amides is 1. The Labute approximate surface area is 116 Å². The Kier molecular flexibility index (Phi) is 3.93. The highest BCUT2D eigenvalue weighted by molar-refractivity contribution is 9.10. The SMILES string of the molecule is COc1ccc(C(=O)Nc2nc(C)ns2)cc1Br. The molecule has 0 aliphatic heterocycles. The summed E-state index contributed by atoms with van der Waals surface area (Å²) in [6, 6.07) is 5.11. The van der Waals surface area contributed by atoms with Gasteiger partial charge in [0.25, 0.3) is 5.91 Å². The Bertz CT molecular complexity index is 585. The van der Waals surface area contributed by atoms with Gasteiger partial charge in [-0.2, -0.15) is 4.37 Å². The molecule has 18 heavy (non-hydrogen) atoms. The van der Waals surface area contributed by atoms with Gasteiger partial charge in [0.2, 0.25) is 5.13 Å². The quantitative estimate of drug-likeness (QED) is 0.941. The van der Waals surface area contributed by atoms with Gasteiger partial charge in [-0.3, -0.25) is 10.1 Å². The molecule has 1 aromatic carbocycles. The van der Waals surface area contributed by atoms with E-state index in [0.717, 1.165) is 16.0 Å². The van der Waals surface area contributed by atoms with Crippen LogP contribution in [0.2, 0.25) is 0 Å². The van der Waals surface area contributed by atoms with Crippen LogP contribution < -0.4 is 10.1 Å². The summed E-state index contributed by atoms with van der Waals surface area (Å²) in [5.74, 6) is 1.10. The average molecular weight is 328 g/mol. The van der Waals surface area contributed by atoms with Crippen molar-refractivity contribution in [2.45, 2.75) is 6.92 Å². The predicted molar refractivity (Wildman–Crippen MR) is 73.3 cm³/mol. The van der Waals surface area contributed by atoms with Crippen molar-refractivity contribution < 1.29 is 9.53 Å². The van der Waals surface area contributed by atoms with Crippen molar-refractivity contribution in [3.05, 3.63) is 34.1 Å². The number of halogens is 1. The maximum absolute atomic E-state index is 11.9. The number of aromatic nitrogens is 2. The molecule has 1 aromatic heterocycles. The molecule has 0 saturated heterocycles. The normalized spacial score (nSPS) is 10.2. The number of nitrogens with one attached hydrogen (secondary N) is 1. The van der Waals surface area contributed by atoms with Gasteiger partial charge in [-0.25, -0.2) is 4.98 Å². The minimum absolute atomic E-state index is 0.227. The number of carbonyl (C=O) groups excluding carboxylic acids is 1. The van der Waals surface area contributed by atoms with Crippen LogP contribution in [0.15, 0.2) is 22.7 Å². The number of nitrogens with zero attached hydrogens (tertiary/aromatic N) is 2. The van der Waals surface area contributed by atoms with Crippen molar-refractivity contribution in [1.82, 2.24) is 9.36 Å². The van der Waals surface area contributed by atoms with Crippen LogP contribution >= 0.6 is 27.5 Å². The fourth-order valence-electron chi connectivity index (χ4n) is 1.32. The molecule has 1 N–H and O–H groups in total. The number of ether oxygens (including phenoxy) is 1. The largest absolute Gasteiger partial charge is 0.496 e. The fraction of sp³-hybridized carbons (Fsp3) is 0.182. The van der Waals surface area contributed by atoms with Gasteiger partial charge in [0, 0.05) is 17.1 Å². The Morgan fingerprint density at radius 2 is 2.28 bits per heavy atom. The Morgan fingerprint density at radius 1 is 1.50 bits per heavy atom. The van der Waals surface area contributed by atoms with Crippen molar-refractivity contribution in [2.75, 3.05) is 12.4 Å². The molecule has 0 radical (unpaired) electrons. The van der Waals surface area contributed by atoms with Crippen molar-refractivity contribution in [3.8, 4) is 5.75 Å². The predicted octanol–water partition coefficient (Wildman–Crippen LogP) is 2.87. The smallest absolute Gasteiger partial charge is 0.257 e. The zero-order valence-corrected chi connectivity index (χ0v) is 12.1. The van der Waals surface area contributed by atoms with Crippen LogP contribution in [0.5, 0.6) is 5.75 Å². The maximum Gasteiger partial charge on any atom is 0.257 e. The lowest BCUT2D eigenvalue weighted by Crippen LogP contribution is -2.11. The molecular formula is C11H10BrN3O2S. The van der Waals surface area contributed by atoms with E-state index < -0.39 is 0 Å². The molecule has 0 bridgehead atoms. The lowest BCUT2D eigenvalue weighted by molar-refractivity contribution is 0.102. The van der Waals surface area contributed by atoms with Crippen molar-refractivity contribution in [2.24, 2.45) is 0 Å². The summed E-state index contributed by atoms with van der Waals surface area (Å²) in [6.07, 6.45) is 0. The molecule has 0 spiro atoms. The molecular weight excluding hydrogens is 318 g/mol. The molecule has 5 nitrogen and oxygen atoms in total. The van der Waals surface area contributed by atoms with Gasteiger partial charge in [0.15, 0.2) is 0 Å². The molecule has 1 heterocycles. The summed E-state index contributed by atoms with van der Waals surface area (Å²) in [7, 11) is 1.57. The fourth-order valence-corrected chi connectivity index (χ4v) is 2.44. The number of carbonyl (C=O) groups is 1. The van der Waals surface area contributed by atoms with Crippen molar-refractivity contribution in [3.63, 3.8) is 0 Å². The summed E-state index contributed by atoms with van der Waals surface area (Å²) in [5.41, 5.74) is 0.524. The van der Waals surface area contributed by atoms with E-state index in [4.69, 9.17) is 4.74 Å². The zero-order valence-electron chi connectivity index (χ0n) is 9.73. The van der Waals surface area contributed by atoms with Crippen LogP contribution in [0.3, 0.4) is 0 Å². The first-order chi connectivity index (χ1) is 8.60. The Hall–Kier alpha value is -1.47. The van der Waals surface area contributed by atoms with Crippen LogP contribution in [0, 0.1) is 6.92 Å². The van der Waals surface area contributed by atoms with Crippen LogP contribution in [0.1, 0.15) is 16.2 Å². The number of aryl methyl sites for hydroxylation is 1. The van der Waals surface area contributed by atoms with Crippen LogP contribution in [0.4, 0.5) is 5.13 Å². The number of benzene rings is 1. The molecule has 0 aliphatic rings. The summed E-state index contributed by atoms with van der Waals surface area (Å²) in [6.45, 7) is 1.77. The Morgan fingerprint density at radius 3 is 2.83 bits per heavy atom.